The molecule has 0 aromatic rings. The number of Topliss-reactive ketones (excluding diaryl/α,β-unsaturated/α-hetero) is 1. The maximum atomic E-state index is 10.6. The fraction of sp³-hybridized carbons (Fsp3) is 0.444. The van der Waals surface area contributed by atoms with Crippen LogP contribution in [-0.4, -0.2) is 5.78 Å². The molecule has 0 aliphatic rings. The molecule has 0 saturated carbocycles. The smallest absolute Gasteiger partial charge is 0.129 e. The van der Waals surface area contributed by atoms with E-state index in [0.29, 0.717) is 6.42 Å². The second kappa shape index (κ2) is 6.46. The molecule has 3 nitrogen and oxygen atoms in total. The normalized spacial score (nSPS) is 10.9. The van der Waals surface area contributed by atoms with E-state index >= 15 is 0 Å². The van der Waals surface area contributed by atoms with Crippen molar-refractivity contribution in [3.8, 4) is 0 Å². The molecule has 0 aliphatic carbocycles. The summed E-state index contributed by atoms with van der Waals surface area (Å²) < 4.78 is 0. The van der Waals surface area contributed by atoms with Crippen molar-refractivity contribution in [3.63, 3.8) is 0 Å². The Morgan fingerprint density at radius 2 is 2.25 bits per heavy atom. The third kappa shape index (κ3) is 5.53. The molecule has 3 N–H and O–H groups in total. The summed E-state index contributed by atoms with van der Waals surface area (Å²) in [4.78, 5) is 10.6. The molecular formula is C9H16N2O. The zero-order chi connectivity index (χ0) is 9.40. The number of nitrogens with one attached hydrogen (secondary N) is 1. The highest BCUT2D eigenvalue weighted by atomic mass is 16.1. The largest absolute Gasteiger partial charge is 0.403 e. The van der Waals surface area contributed by atoms with Crippen molar-refractivity contribution < 1.29 is 4.79 Å². The van der Waals surface area contributed by atoms with Gasteiger partial charge in [-0.3, -0.25) is 0 Å². The minimum atomic E-state index is 0.213. The van der Waals surface area contributed by atoms with E-state index in [1.54, 1.807) is 13.1 Å². The van der Waals surface area contributed by atoms with Gasteiger partial charge in [0.15, 0.2) is 0 Å². The molecule has 0 aliphatic heterocycles. The van der Waals surface area contributed by atoms with Crippen molar-refractivity contribution in [2.75, 3.05) is 0 Å². The number of nitrogens with two attached hydrogens (primary N) is 1. The number of ketones is 1. The Kier molecular flexibility index (Phi) is 5.79. The first-order chi connectivity index (χ1) is 5.70. The average Bonchev–Trinajstić information content (AvgIpc) is 2.02. The van der Waals surface area contributed by atoms with Crippen LogP contribution in [-0.2, 0) is 4.79 Å². The van der Waals surface area contributed by atoms with Crippen LogP contribution in [0.2, 0.25) is 0 Å². The van der Waals surface area contributed by atoms with Gasteiger partial charge in [0.1, 0.15) is 5.78 Å². The number of hydrogen-bond acceptors (Lipinski definition) is 3. The van der Waals surface area contributed by atoms with Crippen molar-refractivity contribution in [1.29, 1.82) is 0 Å². The summed E-state index contributed by atoms with van der Waals surface area (Å²) in [5, 5.41) is 2.89. The maximum Gasteiger partial charge on any atom is 0.129 e. The van der Waals surface area contributed by atoms with E-state index in [1.807, 2.05) is 0 Å². The van der Waals surface area contributed by atoms with Crippen LogP contribution in [0.3, 0.4) is 0 Å². The average molecular weight is 168 g/mol. The highest BCUT2D eigenvalue weighted by molar-refractivity contribution is 5.75. The Morgan fingerprint density at radius 3 is 2.67 bits per heavy atom. The van der Waals surface area contributed by atoms with Gasteiger partial charge in [0, 0.05) is 18.3 Å². The van der Waals surface area contributed by atoms with Gasteiger partial charge < -0.3 is 15.8 Å². The fourth-order valence-corrected chi connectivity index (χ4v) is 0.862. The lowest BCUT2D eigenvalue weighted by Crippen LogP contribution is -2.07. The lowest BCUT2D eigenvalue weighted by atomic mass is 10.1. The molecule has 0 rings (SSSR count). The first kappa shape index (κ1) is 10.8. The van der Waals surface area contributed by atoms with E-state index in [2.05, 4.69) is 11.9 Å². The lowest BCUT2D eigenvalue weighted by molar-refractivity contribution is -0.117. The van der Waals surface area contributed by atoms with Crippen LogP contribution >= 0.6 is 0 Å². The summed E-state index contributed by atoms with van der Waals surface area (Å²) in [6, 6.07) is 0. The minimum Gasteiger partial charge on any atom is -0.403 e. The second-order valence-corrected chi connectivity index (χ2v) is 2.60. The molecule has 0 bridgehead atoms. The molecular weight excluding hydrogens is 152 g/mol. The molecule has 0 spiro atoms. The van der Waals surface area contributed by atoms with Gasteiger partial charge in [-0.05, 0) is 26.0 Å². The SMILES string of the molecule is C=CN/C(=C\N)CCCC(C)=O. The number of carbonyl (C=O) groups is 1. The zero-order valence-corrected chi connectivity index (χ0v) is 7.47. The topological polar surface area (TPSA) is 55.1 Å². The number of rotatable bonds is 6. The van der Waals surface area contributed by atoms with Crippen LogP contribution in [0.1, 0.15) is 26.2 Å². The Labute approximate surface area is 73.3 Å². The van der Waals surface area contributed by atoms with Gasteiger partial charge in [-0.2, -0.15) is 0 Å². The number of carbonyl (C=O) groups excluding carboxylic acids is 1. The first-order valence-electron chi connectivity index (χ1n) is 3.98. The fourth-order valence-electron chi connectivity index (χ4n) is 0.862. The van der Waals surface area contributed by atoms with Crippen molar-refractivity contribution in [2.45, 2.75) is 26.2 Å². The molecule has 68 valence electrons. The van der Waals surface area contributed by atoms with Crippen molar-refractivity contribution >= 4 is 5.78 Å². The van der Waals surface area contributed by atoms with E-state index < -0.39 is 0 Å². The summed E-state index contributed by atoms with van der Waals surface area (Å²) >= 11 is 0. The molecule has 0 heterocycles. The van der Waals surface area contributed by atoms with Gasteiger partial charge in [0.2, 0.25) is 0 Å². The molecule has 0 aromatic heterocycles. The van der Waals surface area contributed by atoms with Gasteiger partial charge in [0.25, 0.3) is 0 Å². The molecule has 0 amide bonds. The van der Waals surface area contributed by atoms with Gasteiger partial charge in [-0.1, -0.05) is 6.58 Å². The third-order valence-electron chi connectivity index (χ3n) is 1.46. The third-order valence-corrected chi connectivity index (χ3v) is 1.46. The van der Waals surface area contributed by atoms with Gasteiger partial charge >= 0.3 is 0 Å². The van der Waals surface area contributed by atoms with E-state index in [4.69, 9.17) is 5.73 Å². The molecule has 12 heavy (non-hydrogen) atoms. The molecule has 0 unspecified atom stereocenters. The summed E-state index contributed by atoms with van der Waals surface area (Å²) in [7, 11) is 0. The highest BCUT2D eigenvalue weighted by Crippen LogP contribution is 2.03. The van der Waals surface area contributed by atoms with Crippen molar-refractivity contribution in [2.24, 2.45) is 5.73 Å². The Hall–Kier alpha value is -1.25. The molecule has 3 heteroatoms. The van der Waals surface area contributed by atoms with Gasteiger partial charge in [-0.25, -0.2) is 0 Å². The van der Waals surface area contributed by atoms with E-state index in [-0.39, 0.29) is 5.78 Å². The van der Waals surface area contributed by atoms with Crippen molar-refractivity contribution in [3.05, 3.63) is 24.7 Å². The lowest BCUT2D eigenvalue weighted by Gasteiger charge is -2.04. The highest BCUT2D eigenvalue weighted by Gasteiger charge is 1.96. The summed E-state index contributed by atoms with van der Waals surface area (Å²) in [5.41, 5.74) is 6.23. The molecule has 0 radical (unpaired) electrons. The van der Waals surface area contributed by atoms with E-state index in [0.717, 1.165) is 18.5 Å². The zero-order valence-electron chi connectivity index (χ0n) is 7.47. The molecule has 0 fully saturated rings. The number of hydrogen-bond donors (Lipinski definition) is 2. The maximum absolute atomic E-state index is 10.6. The van der Waals surface area contributed by atoms with E-state index in [1.165, 1.54) is 6.20 Å². The predicted octanol–water partition coefficient (Wildman–Crippen LogP) is 1.28. The predicted molar refractivity (Wildman–Crippen MR) is 50.1 cm³/mol. The van der Waals surface area contributed by atoms with Crippen LogP contribution in [0.15, 0.2) is 24.7 Å². The second-order valence-electron chi connectivity index (χ2n) is 2.60. The molecule has 0 saturated heterocycles. The Bertz CT molecular complexity index is 185. The Morgan fingerprint density at radius 1 is 1.58 bits per heavy atom. The minimum absolute atomic E-state index is 0.213. The van der Waals surface area contributed by atoms with Gasteiger partial charge in [0.05, 0.1) is 0 Å². The monoisotopic (exact) mass is 168 g/mol. The Balaban J connectivity index is 3.59. The molecule has 0 atom stereocenters. The molecule has 0 aromatic carbocycles. The van der Waals surface area contributed by atoms with Gasteiger partial charge in [-0.15, -0.1) is 0 Å². The van der Waals surface area contributed by atoms with Crippen LogP contribution in [0.4, 0.5) is 0 Å². The van der Waals surface area contributed by atoms with Crippen molar-refractivity contribution in [1.82, 2.24) is 5.32 Å². The summed E-state index contributed by atoms with van der Waals surface area (Å²) in [5.74, 6) is 0.213. The number of allylic oxidation sites excluding steroid dienone is 1. The van der Waals surface area contributed by atoms with Crippen LogP contribution in [0.25, 0.3) is 0 Å². The summed E-state index contributed by atoms with van der Waals surface area (Å²) in [6.07, 6.45) is 5.31. The standard InChI is InChI=1S/C9H16N2O/c1-3-11-9(7-10)6-4-5-8(2)12/h3,7,11H,1,4-6,10H2,2H3/b9-7-. The van der Waals surface area contributed by atoms with E-state index in [9.17, 15) is 4.79 Å². The first-order valence-corrected chi connectivity index (χ1v) is 3.98. The quantitative estimate of drug-likeness (QED) is 0.628. The van der Waals surface area contributed by atoms with Crippen LogP contribution in [0.5, 0.6) is 0 Å². The van der Waals surface area contributed by atoms with Crippen LogP contribution in [0, 0.1) is 0 Å². The summed E-state index contributed by atoms with van der Waals surface area (Å²) in [6.45, 7) is 5.11. The van der Waals surface area contributed by atoms with Crippen LogP contribution < -0.4 is 11.1 Å².